The molecule has 1 N–H and O–H groups in total. The van der Waals surface area contributed by atoms with Crippen molar-refractivity contribution in [3.05, 3.63) is 95.6 Å². The number of benzene rings is 3. The zero-order chi connectivity index (χ0) is 24.3. The first-order valence-corrected chi connectivity index (χ1v) is 11.0. The lowest BCUT2D eigenvalue weighted by Crippen LogP contribution is -2.41. The van der Waals surface area contributed by atoms with E-state index in [4.69, 9.17) is 18.9 Å². The second-order valence-electron chi connectivity index (χ2n) is 7.73. The van der Waals surface area contributed by atoms with Gasteiger partial charge in [0, 0.05) is 14.2 Å². The topological polar surface area (TPSA) is 77.5 Å². The minimum Gasteiger partial charge on any atom is -0.493 e. The standard InChI is InChI=1S/C27H31NO6/c1-31-25-17-22(14-15-24(25)34-19-21-12-8-5-9-13-21)23(16-20-10-6-4-7-11-20)28(27(29)30)18-26(32-2)33-3/h4-15,17,23,26H,16,18-19H2,1-3H3,(H,29,30). The molecule has 0 saturated heterocycles. The highest BCUT2D eigenvalue weighted by Crippen LogP contribution is 2.34. The van der Waals surface area contributed by atoms with Crippen molar-refractivity contribution in [1.82, 2.24) is 4.90 Å². The van der Waals surface area contributed by atoms with Gasteiger partial charge < -0.3 is 24.1 Å². The lowest BCUT2D eigenvalue weighted by Gasteiger charge is -2.32. The van der Waals surface area contributed by atoms with Crippen LogP contribution in [0, 0.1) is 0 Å². The van der Waals surface area contributed by atoms with E-state index in [0.717, 1.165) is 16.7 Å². The molecule has 0 saturated carbocycles. The first-order valence-electron chi connectivity index (χ1n) is 11.0. The van der Waals surface area contributed by atoms with Crippen molar-refractivity contribution in [2.45, 2.75) is 25.4 Å². The number of rotatable bonds is 12. The summed E-state index contributed by atoms with van der Waals surface area (Å²) in [5.74, 6) is 1.12. The molecule has 0 fully saturated rings. The first-order chi connectivity index (χ1) is 16.5. The third-order valence-electron chi connectivity index (χ3n) is 5.57. The molecule has 0 heterocycles. The molecule has 7 heteroatoms. The van der Waals surface area contributed by atoms with Gasteiger partial charge in [0.05, 0.1) is 19.7 Å². The van der Waals surface area contributed by atoms with Gasteiger partial charge in [-0.15, -0.1) is 0 Å². The zero-order valence-corrected chi connectivity index (χ0v) is 19.7. The Kier molecular flexibility index (Phi) is 9.31. The Hall–Kier alpha value is -3.55. The molecule has 34 heavy (non-hydrogen) atoms. The highest BCUT2D eigenvalue weighted by atomic mass is 16.7. The molecular weight excluding hydrogens is 434 g/mol. The highest BCUT2D eigenvalue weighted by molar-refractivity contribution is 5.66. The third kappa shape index (κ3) is 6.73. The highest BCUT2D eigenvalue weighted by Gasteiger charge is 2.29. The minimum atomic E-state index is -1.07. The van der Waals surface area contributed by atoms with Crippen molar-refractivity contribution in [3.8, 4) is 11.5 Å². The third-order valence-corrected chi connectivity index (χ3v) is 5.57. The summed E-state index contributed by atoms with van der Waals surface area (Å²) < 4.78 is 22.1. The molecule has 1 atom stereocenters. The van der Waals surface area contributed by atoms with Crippen LogP contribution in [0.15, 0.2) is 78.9 Å². The van der Waals surface area contributed by atoms with Crippen LogP contribution in [-0.4, -0.2) is 50.3 Å². The minimum absolute atomic E-state index is 0.0500. The average Bonchev–Trinajstić information content (AvgIpc) is 2.88. The van der Waals surface area contributed by atoms with Gasteiger partial charge in [-0.3, -0.25) is 4.90 Å². The fraction of sp³-hybridized carbons (Fsp3) is 0.296. The van der Waals surface area contributed by atoms with Gasteiger partial charge in [-0.05, 0) is 35.2 Å². The van der Waals surface area contributed by atoms with Crippen LogP contribution in [0.5, 0.6) is 11.5 Å². The second kappa shape index (κ2) is 12.6. The van der Waals surface area contributed by atoms with E-state index in [1.54, 1.807) is 7.11 Å². The smallest absolute Gasteiger partial charge is 0.407 e. The van der Waals surface area contributed by atoms with Crippen LogP contribution >= 0.6 is 0 Å². The van der Waals surface area contributed by atoms with Crippen LogP contribution in [0.3, 0.4) is 0 Å². The largest absolute Gasteiger partial charge is 0.493 e. The van der Waals surface area contributed by atoms with Gasteiger partial charge in [0.1, 0.15) is 6.61 Å². The van der Waals surface area contributed by atoms with Crippen LogP contribution in [0.4, 0.5) is 4.79 Å². The molecule has 0 radical (unpaired) electrons. The van der Waals surface area contributed by atoms with Crippen LogP contribution in [-0.2, 0) is 22.5 Å². The van der Waals surface area contributed by atoms with Crippen LogP contribution < -0.4 is 9.47 Å². The van der Waals surface area contributed by atoms with Gasteiger partial charge in [-0.2, -0.15) is 0 Å². The summed E-state index contributed by atoms with van der Waals surface area (Å²) in [6.07, 6.45) is -1.28. The van der Waals surface area contributed by atoms with E-state index in [1.807, 2.05) is 78.9 Å². The zero-order valence-electron chi connectivity index (χ0n) is 19.7. The first kappa shape index (κ1) is 25.1. The Labute approximate surface area is 200 Å². The number of carboxylic acid groups (broad SMARTS) is 1. The Morgan fingerprint density at radius 2 is 1.47 bits per heavy atom. The van der Waals surface area contributed by atoms with Crippen LogP contribution in [0.1, 0.15) is 22.7 Å². The van der Waals surface area contributed by atoms with Gasteiger partial charge in [0.2, 0.25) is 0 Å². The summed E-state index contributed by atoms with van der Waals surface area (Å²) in [6.45, 7) is 0.447. The number of methoxy groups -OCH3 is 3. The fourth-order valence-electron chi connectivity index (χ4n) is 3.74. The van der Waals surface area contributed by atoms with Crippen LogP contribution in [0.25, 0.3) is 0 Å². The molecule has 0 spiro atoms. The van der Waals surface area contributed by atoms with E-state index in [-0.39, 0.29) is 6.54 Å². The summed E-state index contributed by atoms with van der Waals surface area (Å²) in [7, 11) is 4.55. The summed E-state index contributed by atoms with van der Waals surface area (Å²) in [5, 5.41) is 10.1. The second-order valence-corrected chi connectivity index (χ2v) is 7.73. The summed E-state index contributed by atoms with van der Waals surface area (Å²) in [5.41, 5.74) is 2.83. The maximum absolute atomic E-state index is 12.3. The fourth-order valence-corrected chi connectivity index (χ4v) is 3.74. The van der Waals surface area contributed by atoms with Crippen molar-refractivity contribution in [1.29, 1.82) is 0 Å². The van der Waals surface area contributed by atoms with Gasteiger partial charge in [0.25, 0.3) is 0 Å². The molecule has 3 rings (SSSR count). The molecule has 0 aliphatic carbocycles. The van der Waals surface area contributed by atoms with E-state index in [0.29, 0.717) is 24.5 Å². The Morgan fingerprint density at radius 1 is 0.853 bits per heavy atom. The predicted molar refractivity (Wildman–Crippen MR) is 129 cm³/mol. The van der Waals surface area contributed by atoms with Crippen molar-refractivity contribution in [2.24, 2.45) is 0 Å². The molecule has 180 valence electrons. The van der Waals surface area contributed by atoms with Gasteiger partial charge in [0.15, 0.2) is 17.8 Å². The van der Waals surface area contributed by atoms with Crippen molar-refractivity contribution in [2.75, 3.05) is 27.9 Å². The summed E-state index contributed by atoms with van der Waals surface area (Å²) >= 11 is 0. The molecule has 1 unspecified atom stereocenters. The molecule has 1 amide bonds. The van der Waals surface area contributed by atoms with Crippen molar-refractivity contribution in [3.63, 3.8) is 0 Å². The van der Waals surface area contributed by atoms with E-state index < -0.39 is 18.4 Å². The predicted octanol–water partition coefficient (Wildman–Crippen LogP) is 5.16. The molecule has 0 aromatic heterocycles. The number of nitrogens with zero attached hydrogens (tertiary/aromatic N) is 1. The molecule has 0 aliphatic rings. The van der Waals surface area contributed by atoms with Gasteiger partial charge in [-0.1, -0.05) is 66.7 Å². The van der Waals surface area contributed by atoms with E-state index in [9.17, 15) is 9.90 Å². The lowest BCUT2D eigenvalue weighted by molar-refractivity contribution is -0.116. The van der Waals surface area contributed by atoms with Gasteiger partial charge >= 0.3 is 6.09 Å². The SMILES string of the molecule is COc1cc(C(Cc2ccccc2)N(CC(OC)OC)C(=O)O)ccc1OCc1ccccc1. The summed E-state index contributed by atoms with van der Waals surface area (Å²) in [4.78, 5) is 13.6. The summed E-state index contributed by atoms with van der Waals surface area (Å²) in [6, 6.07) is 24.6. The molecule has 0 aliphatic heterocycles. The number of hydrogen-bond donors (Lipinski definition) is 1. The normalized spacial score (nSPS) is 11.8. The molecule has 0 bridgehead atoms. The monoisotopic (exact) mass is 465 g/mol. The van der Waals surface area contributed by atoms with Crippen molar-refractivity contribution < 1.29 is 28.8 Å². The lowest BCUT2D eigenvalue weighted by atomic mass is 9.97. The number of amides is 1. The molecule has 3 aromatic carbocycles. The molecule has 3 aromatic rings. The van der Waals surface area contributed by atoms with Crippen molar-refractivity contribution >= 4 is 6.09 Å². The number of hydrogen-bond acceptors (Lipinski definition) is 5. The van der Waals surface area contributed by atoms with E-state index >= 15 is 0 Å². The van der Waals surface area contributed by atoms with Crippen LogP contribution in [0.2, 0.25) is 0 Å². The Morgan fingerprint density at radius 3 is 2.03 bits per heavy atom. The maximum atomic E-state index is 12.3. The quantitative estimate of drug-likeness (QED) is 0.373. The molecular formula is C27H31NO6. The maximum Gasteiger partial charge on any atom is 0.407 e. The van der Waals surface area contributed by atoms with E-state index in [2.05, 4.69) is 0 Å². The number of ether oxygens (including phenoxy) is 4. The van der Waals surface area contributed by atoms with Gasteiger partial charge in [-0.25, -0.2) is 4.79 Å². The van der Waals surface area contributed by atoms with E-state index in [1.165, 1.54) is 19.1 Å². The molecule has 7 nitrogen and oxygen atoms in total. The Bertz CT molecular complexity index is 1020. The average molecular weight is 466 g/mol. The Balaban J connectivity index is 1.92. The number of carbonyl (C=O) groups is 1.